The van der Waals surface area contributed by atoms with Crippen molar-refractivity contribution in [2.24, 2.45) is 0 Å². The highest BCUT2D eigenvalue weighted by Crippen LogP contribution is 2.17. The molecular formula is C21H20ClN3O2. The first-order valence-electron chi connectivity index (χ1n) is 8.62. The number of benzene rings is 2. The van der Waals surface area contributed by atoms with Gasteiger partial charge in [-0.1, -0.05) is 23.7 Å². The monoisotopic (exact) mass is 381 g/mol. The van der Waals surface area contributed by atoms with E-state index >= 15 is 0 Å². The summed E-state index contributed by atoms with van der Waals surface area (Å²) in [4.78, 5) is 16.6. The second kappa shape index (κ2) is 9.05. The molecule has 2 N–H and O–H groups in total. The number of nitrogens with zero attached hydrogens (tertiary/aromatic N) is 1. The zero-order valence-corrected chi connectivity index (χ0v) is 15.7. The molecular weight excluding hydrogens is 362 g/mol. The number of halogens is 1. The van der Waals surface area contributed by atoms with E-state index in [0.717, 1.165) is 17.0 Å². The molecule has 6 heteroatoms. The van der Waals surface area contributed by atoms with Crippen LogP contribution in [0.1, 0.15) is 23.0 Å². The zero-order valence-electron chi connectivity index (χ0n) is 14.9. The number of pyridine rings is 1. The highest BCUT2D eigenvalue weighted by atomic mass is 35.5. The molecule has 5 nitrogen and oxygen atoms in total. The van der Waals surface area contributed by atoms with Gasteiger partial charge in [0.1, 0.15) is 11.4 Å². The Hall–Kier alpha value is -3.05. The normalized spacial score (nSPS) is 10.3. The topological polar surface area (TPSA) is 63.2 Å². The Bertz CT molecular complexity index is 896. The van der Waals surface area contributed by atoms with Crippen LogP contribution in [0.25, 0.3) is 0 Å². The first-order valence-corrected chi connectivity index (χ1v) is 9.00. The predicted octanol–water partition coefficient (Wildman–Crippen LogP) is 5.00. The number of carbonyl (C=O) groups excluding carboxylic acids is 1. The minimum Gasteiger partial charge on any atom is -0.494 e. The molecule has 3 aromatic rings. The van der Waals surface area contributed by atoms with Crippen LogP contribution in [0, 0.1) is 0 Å². The first-order chi connectivity index (χ1) is 13.1. The molecule has 0 radical (unpaired) electrons. The molecule has 0 atom stereocenters. The standard InChI is InChI=1S/C21H20ClN3O2/c1-2-27-19-9-7-17(8-10-19)25-21(26)20-13-18(11-12-23-20)24-14-15-3-5-16(22)6-4-15/h3-13H,2,14H2,1H3,(H,23,24)(H,25,26). The van der Waals surface area contributed by atoms with Crippen molar-refractivity contribution in [3.8, 4) is 5.75 Å². The summed E-state index contributed by atoms with van der Waals surface area (Å²) < 4.78 is 5.40. The molecule has 0 bridgehead atoms. The lowest BCUT2D eigenvalue weighted by Gasteiger charge is -2.09. The lowest BCUT2D eigenvalue weighted by molar-refractivity contribution is 0.102. The summed E-state index contributed by atoms with van der Waals surface area (Å²) in [5.74, 6) is 0.497. The lowest BCUT2D eigenvalue weighted by Crippen LogP contribution is -2.14. The Kier molecular flexibility index (Phi) is 6.28. The van der Waals surface area contributed by atoms with Crippen molar-refractivity contribution in [3.05, 3.63) is 83.1 Å². The van der Waals surface area contributed by atoms with E-state index in [2.05, 4.69) is 15.6 Å². The number of amides is 1. The van der Waals surface area contributed by atoms with Crippen LogP contribution in [0.2, 0.25) is 5.02 Å². The molecule has 0 spiro atoms. The van der Waals surface area contributed by atoms with Gasteiger partial charge in [0.15, 0.2) is 0 Å². The van der Waals surface area contributed by atoms with Crippen molar-refractivity contribution in [3.63, 3.8) is 0 Å². The Morgan fingerprint density at radius 3 is 2.48 bits per heavy atom. The molecule has 1 amide bonds. The van der Waals surface area contributed by atoms with Gasteiger partial charge >= 0.3 is 0 Å². The predicted molar refractivity (Wildman–Crippen MR) is 109 cm³/mol. The van der Waals surface area contributed by atoms with Gasteiger partial charge in [0.05, 0.1) is 6.61 Å². The van der Waals surface area contributed by atoms with Crippen LogP contribution < -0.4 is 15.4 Å². The summed E-state index contributed by atoms with van der Waals surface area (Å²) in [6.07, 6.45) is 1.61. The number of anilines is 2. The number of rotatable bonds is 7. The largest absolute Gasteiger partial charge is 0.494 e. The minimum atomic E-state index is -0.269. The van der Waals surface area contributed by atoms with Gasteiger partial charge in [-0.2, -0.15) is 0 Å². The number of hydrogen-bond acceptors (Lipinski definition) is 4. The minimum absolute atomic E-state index is 0.269. The summed E-state index contributed by atoms with van der Waals surface area (Å²) in [6, 6.07) is 18.4. The molecule has 0 fully saturated rings. The number of nitrogens with one attached hydrogen (secondary N) is 2. The van der Waals surface area contributed by atoms with Gasteiger partial charge in [0.25, 0.3) is 5.91 Å². The molecule has 0 aliphatic carbocycles. The van der Waals surface area contributed by atoms with E-state index in [1.807, 2.05) is 49.4 Å². The van der Waals surface area contributed by atoms with Crippen LogP contribution >= 0.6 is 11.6 Å². The Labute approximate surface area is 163 Å². The van der Waals surface area contributed by atoms with E-state index < -0.39 is 0 Å². The molecule has 0 aliphatic rings. The fraction of sp³-hybridized carbons (Fsp3) is 0.143. The van der Waals surface area contributed by atoms with Crippen LogP contribution in [-0.2, 0) is 6.54 Å². The number of hydrogen-bond donors (Lipinski definition) is 2. The van der Waals surface area contributed by atoms with Crippen LogP contribution in [0.4, 0.5) is 11.4 Å². The van der Waals surface area contributed by atoms with E-state index in [-0.39, 0.29) is 5.91 Å². The van der Waals surface area contributed by atoms with Crippen molar-refractivity contribution in [1.82, 2.24) is 4.98 Å². The first kappa shape index (κ1) is 18.7. The smallest absolute Gasteiger partial charge is 0.274 e. The van der Waals surface area contributed by atoms with Gasteiger partial charge < -0.3 is 15.4 Å². The van der Waals surface area contributed by atoms with Crippen LogP contribution in [0.3, 0.4) is 0 Å². The van der Waals surface area contributed by atoms with E-state index in [9.17, 15) is 4.79 Å². The summed E-state index contributed by atoms with van der Waals surface area (Å²) in [5, 5.41) is 6.82. The maximum atomic E-state index is 12.4. The zero-order chi connectivity index (χ0) is 19.1. The molecule has 138 valence electrons. The van der Waals surface area contributed by atoms with Crippen molar-refractivity contribution in [2.45, 2.75) is 13.5 Å². The Morgan fingerprint density at radius 1 is 1.04 bits per heavy atom. The van der Waals surface area contributed by atoms with Gasteiger partial charge in [0, 0.05) is 29.1 Å². The molecule has 3 rings (SSSR count). The third-order valence-corrected chi connectivity index (χ3v) is 4.08. The van der Waals surface area contributed by atoms with Crippen LogP contribution in [0.5, 0.6) is 5.75 Å². The highest BCUT2D eigenvalue weighted by molar-refractivity contribution is 6.30. The molecule has 1 heterocycles. The molecule has 0 aliphatic heterocycles. The highest BCUT2D eigenvalue weighted by Gasteiger charge is 2.09. The summed E-state index contributed by atoms with van der Waals surface area (Å²) in [5.41, 5.74) is 2.93. The third-order valence-electron chi connectivity index (χ3n) is 3.83. The third kappa shape index (κ3) is 5.46. The quantitative estimate of drug-likeness (QED) is 0.604. The molecule has 0 unspecified atom stereocenters. The Balaban J connectivity index is 1.61. The van der Waals surface area contributed by atoms with Crippen molar-refractivity contribution in [1.29, 1.82) is 0 Å². The maximum absolute atomic E-state index is 12.4. The molecule has 2 aromatic carbocycles. The van der Waals surface area contributed by atoms with Gasteiger partial charge in [-0.15, -0.1) is 0 Å². The van der Waals surface area contributed by atoms with Gasteiger partial charge in [-0.3, -0.25) is 9.78 Å². The molecule has 0 saturated carbocycles. The fourth-order valence-corrected chi connectivity index (χ4v) is 2.59. The molecule has 0 saturated heterocycles. The summed E-state index contributed by atoms with van der Waals surface area (Å²) in [6.45, 7) is 3.15. The van der Waals surface area contributed by atoms with Gasteiger partial charge in [-0.25, -0.2) is 0 Å². The number of ether oxygens (including phenoxy) is 1. The molecule has 1 aromatic heterocycles. The average Bonchev–Trinajstić information content (AvgIpc) is 2.69. The van der Waals surface area contributed by atoms with Crippen LogP contribution in [0.15, 0.2) is 66.9 Å². The summed E-state index contributed by atoms with van der Waals surface area (Å²) in [7, 11) is 0. The SMILES string of the molecule is CCOc1ccc(NC(=O)c2cc(NCc3ccc(Cl)cc3)ccn2)cc1. The van der Waals surface area contributed by atoms with E-state index in [1.165, 1.54) is 0 Å². The summed E-state index contributed by atoms with van der Waals surface area (Å²) >= 11 is 5.90. The van der Waals surface area contributed by atoms with E-state index in [1.54, 1.807) is 24.4 Å². The van der Waals surface area contributed by atoms with Gasteiger partial charge in [0.2, 0.25) is 0 Å². The van der Waals surface area contributed by atoms with E-state index in [4.69, 9.17) is 16.3 Å². The van der Waals surface area contributed by atoms with Crippen molar-refractivity contribution < 1.29 is 9.53 Å². The fourth-order valence-electron chi connectivity index (χ4n) is 2.47. The number of carbonyl (C=O) groups is 1. The van der Waals surface area contributed by atoms with Crippen molar-refractivity contribution >= 4 is 28.9 Å². The second-order valence-electron chi connectivity index (χ2n) is 5.82. The average molecular weight is 382 g/mol. The van der Waals surface area contributed by atoms with Gasteiger partial charge in [-0.05, 0) is 61.0 Å². The van der Waals surface area contributed by atoms with Crippen molar-refractivity contribution in [2.75, 3.05) is 17.2 Å². The second-order valence-corrected chi connectivity index (χ2v) is 6.26. The lowest BCUT2D eigenvalue weighted by atomic mass is 10.2. The maximum Gasteiger partial charge on any atom is 0.274 e. The van der Waals surface area contributed by atoms with E-state index in [0.29, 0.717) is 29.6 Å². The molecule has 27 heavy (non-hydrogen) atoms. The Morgan fingerprint density at radius 2 is 1.78 bits per heavy atom. The number of aromatic nitrogens is 1. The van der Waals surface area contributed by atoms with Crippen LogP contribution in [-0.4, -0.2) is 17.5 Å².